The number of anilines is 1. The highest BCUT2D eigenvalue weighted by Gasteiger charge is 2.24. The summed E-state index contributed by atoms with van der Waals surface area (Å²) in [7, 11) is 0. The van der Waals surface area contributed by atoms with Crippen LogP contribution in [-0.4, -0.2) is 51.3 Å². The lowest BCUT2D eigenvalue weighted by Gasteiger charge is -2.23. The lowest BCUT2D eigenvalue weighted by atomic mass is 10.1. The second kappa shape index (κ2) is 8.13. The number of benzene rings is 1. The summed E-state index contributed by atoms with van der Waals surface area (Å²) in [5.41, 5.74) is 1.25. The highest BCUT2D eigenvalue weighted by Crippen LogP contribution is 2.25. The Hall–Kier alpha value is -1.11. The molecule has 6 heteroatoms. The Kier molecular flexibility index (Phi) is 5.91. The van der Waals surface area contributed by atoms with Gasteiger partial charge in [-0.05, 0) is 30.5 Å². The molecule has 0 spiro atoms. The standard InChI is InChI=1S/C17H24BrN3O2/c18-14-2-1-3-16(8-14)21-6-4-13(11-21)10-20-17(22)9-15-12-23-7-5-19-15/h1-3,8,13,15,19H,4-7,9-12H2,(H,20,22). The molecule has 23 heavy (non-hydrogen) atoms. The Morgan fingerprint density at radius 1 is 1.48 bits per heavy atom. The van der Waals surface area contributed by atoms with Gasteiger partial charge in [-0.2, -0.15) is 0 Å². The van der Waals surface area contributed by atoms with Gasteiger partial charge in [0.25, 0.3) is 0 Å². The molecule has 2 saturated heterocycles. The molecule has 1 aromatic rings. The Morgan fingerprint density at radius 3 is 3.17 bits per heavy atom. The molecule has 2 fully saturated rings. The van der Waals surface area contributed by atoms with Crippen LogP contribution in [-0.2, 0) is 9.53 Å². The first-order valence-corrected chi connectivity index (χ1v) is 9.08. The van der Waals surface area contributed by atoms with Crippen molar-refractivity contribution < 1.29 is 9.53 Å². The second-order valence-electron chi connectivity index (χ2n) is 6.31. The minimum Gasteiger partial charge on any atom is -0.378 e. The molecule has 2 heterocycles. The molecule has 0 saturated carbocycles. The van der Waals surface area contributed by atoms with Crippen LogP contribution in [0.1, 0.15) is 12.8 Å². The molecular formula is C17H24BrN3O2. The molecule has 126 valence electrons. The number of carbonyl (C=O) groups excluding carboxylic acids is 1. The fourth-order valence-corrected chi connectivity index (χ4v) is 3.60. The number of amides is 1. The normalized spacial score (nSPS) is 24.7. The average molecular weight is 382 g/mol. The van der Waals surface area contributed by atoms with Crippen molar-refractivity contribution in [3.63, 3.8) is 0 Å². The number of carbonyl (C=O) groups is 1. The van der Waals surface area contributed by atoms with Crippen LogP contribution >= 0.6 is 15.9 Å². The molecular weight excluding hydrogens is 358 g/mol. The number of nitrogens with zero attached hydrogens (tertiary/aromatic N) is 1. The summed E-state index contributed by atoms with van der Waals surface area (Å²) in [5, 5.41) is 6.40. The molecule has 2 unspecified atom stereocenters. The Bertz CT molecular complexity index is 534. The molecule has 0 bridgehead atoms. The van der Waals surface area contributed by atoms with Gasteiger partial charge in [-0.25, -0.2) is 0 Å². The van der Waals surface area contributed by atoms with Gasteiger partial charge in [0.1, 0.15) is 0 Å². The predicted molar refractivity (Wildman–Crippen MR) is 94.7 cm³/mol. The molecule has 0 radical (unpaired) electrons. The van der Waals surface area contributed by atoms with E-state index in [9.17, 15) is 4.79 Å². The van der Waals surface area contributed by atoms with Crippen molar-refractivity contribution >= 4 is 27.5 Å². The minimum absolute atomic E-state index is 0.119. The lowest BCUT2D eigenvalue weighted by Crippen LogP contribution is -2.44. The van der Waals surface area contributed by atoms with Crippen molar-refractivity contribution in [3.05, 3.63) is 28.7 Å². The van der Waals surface area contributed by atoms with Gasteiger partial charge >= 0.3 is 0 Å². The zero-order chi connectivity index (χ0) is 16.1. The average Bonchev–Trinajstić information content (AvgIpc) is 3.03. The van der Waals surface area contributed by atoms with E-state index >= 15 is 0 Å². The largest absolute Gasteiger partial charge is 0.378 e. The number of hydrogen-bond donors (Lipinski definition) is 2. The van der Waals surface area contributed by atoms with Gasteiger partial charge in [0.2, 0.25) is 5.91 Å². The smallest absolute Gasteiger partial charge is 0.221 e. The number of ether oxygens (including phenoxy) is 1. The molecule has 2 atom stereocenters. The van der Waals surface area contributed by atoms with Crippen molar-refractivity contribution in [1.29, 1.82) is 0 Å². The van der Waals surface area contributed by atoms with Crippen molar-refractivity contribution in [1.82, 2.24) is 10.6 Å². The van der Waals surface area contributed by atoms with E-state index in [1.165, 1.54) is 5.69 Å². The summed E-state index contributed by atoms with van der Waals surface area (Å²) >= 11 is 3.52. The van der Waals surface area contributed by atoms with Crippen LogP contribution in [0.25, 0.3) is 0 Å². The molecule has 0 aliphatic carbocycles. The van der Waals surface area contributed by atoms with Gasteiger partial charge in [-0.3, -0.25) is 4.79 Å². The summed E-state index contributed by atoms with van der Waals surface area (Å²) in [4.78, 5) is 14.4. The molecule has 5 nitrogen and oxygen atoms in total. The first-order chi connectivity index (χ1) is 11.2. The third-order valence-corrected chi connectivity index (χ3v) is 4.97. The van der Waals surface area contributed by atoms with E-state index in [0.717, 1.165) is 43.7 Å². The third-order valence-electron chi connectivity index (χ3n) is 4.48. The quantitative estimate of drug-likeness (QED) is 0.815. The molecule has 1 amide bonds. The van der Waals surface area contributed by atoms with Crippen LogP contribution < -0.4 is 15.5 Å². The zero-order valence-corrected chi connectivity index (χ0v) is 14.8. The molecule has 0 aromatic heterocycles. The van der Waals surface area contributed by atoms with Crippen LogP contribution in [0.3, 0.4) is 0 Å². The summed E-state index contributed by atoms with van der Waals surface area (Å²) < 4.78 is 6.49. The molecule has 2 aliphatic heterocycles. The van der Waals surface area contributed by atoms with Crippen LogP contribution in [0.5, 0.6) is 0 Å². The van der Waals surface area contributed by atoms with Gasteiger partial charge in [-0.1, -0.05) is 22.0 Å². The fraction of sp³-hybridized carbons (Fsp3) is 0.588. The summed E-state index contributed by atoms with van der Waals surface area (Å²) in [6.07, 6.45) is 1.62. The summed E-state index contributed by atoms with van der Waals surface area (Å²) in [6.45, 7) is 5.02. The number of hydrogen-bond acceptors (Lipinski definition) is 4. The zero-order valence-electron chi connectivity index (χ0n) is 13.3. The summed E-state index contributed by atoms with van der Waals surface area (Å²) in [6, 6.07) is 8.55. The van der Waals surface area contributed by atoms with E-state index in [1.54, 1.807) is 0 Å². The molecule has 3 rings (SSSR count). The second-order valence-corrected chi connectivity index (χ2v) is 7.23. The summed E-state index contributed by atoms with van der Waals surface area (Å²) in [5.74, 6) is 0.641. The maximum atomic E-state index is 12.0. The van der Waals surface area contributed by atoms with E-state index in [2.05, 4.69) is 49.7 Å². The van der Waals surface area contributed by atoms with Crippen molar-refractivity contribution in [2.45, 2.75) is 18.9 Å². The Labute approximate surface area is 145 Å². The van der Waals surface area contributed by atoms with Gasteiger partial charge in [0.15, 0.2) is 0 Å². The van der Waals surface area contributed by atoms with Crippen molar-refractivity contribution in [3.8, 4) is 0 Å². The first-order valence-electron chi connectivity index (χ1n) is 8.29. The number of morpholine rings is 1. The minimum atomic E-state index is 0.119. The van der Waals surface area contributed by atoms with Gasteiger partial charge in [0, 0.05) is 48.8 Å². The highest BCUT2D eigenvalue weighted by molar-refractivity contribution is 9.10. The van der Waals surface area contributed by atoms with E-state index in [0.29, 0.717) is 18.9 Å². The van der Waals surface area contributed by atoms with E-state index in [1.807, 2.05) is 6.07 Å². The van der Waals surface area contributed by atoms with E-state index in [4.69, 9.17) is 4.74 Å². The van der Waals surface area contributed by atoms with Crippen LogP contribution in [0.15, 0.2) is 28.7 Å². The maximum absolute atomic E-state index is 12.0. The van der Waals surface area contributed by atoms with Gasteiger partial charge in [-0.15, -0.1) is 0 Å². The highest BCUT2D eigenvalue weighted by atomic mass is 79.9. The molecule has 2 aliphatic rings. The molecule has 2 N–H and O–H groups in total. The first kappa shape index (κ1) is 16.7. The lowest BCUT2D eigenvalue weighted by molar-refractivity contribution is -0.122. The Balaban J connectivity index is 1.40. The van der Waals surface area contributed by atoms with E-state index in [-0.39, 0.29) is 11.9 Å². The van der Waals surface area contributed by atoms with Crippen molar-refractivity contribution in [2.24, 2.45) is 5.92 Å². The number of rotatable bonds is 5. The van der Waals surface area contributed by atoms with E-state index < -0.39 is 0 Å². The van der Waals surface area contributed by atoms with Crippen LogP contribution in [0.4, 0.5) is 5.69 Å². The van der Waals surface area contributed by atoms with Crippen LogP contribution in [0, 0.1) is 5.92 Å². The fourth-order valence-electron chi connectivity index (χ4n) is 3.21. The third kappa shape index (κ3) is 4.93. The van der Waals surface area contributed by atoms with Crippen molar-refractivity contribution in [2.75, 3.05) is 44.3 Å². The maximum Gasteiger partial charge on any atom is 0.221 e. The van der Waals surface area contributed by atoms with Gasteiger partial charge < -0.3 is 20.3 Å². The predicted octanol–water partition coefficient (Wildman–Crippen LogP) is 1.77. The van der Waals surface area contributed by atoms with Crippen LogP contribution in [0.2, 0.25) is 0 Å². The number of nitrogens with one attached hydrogen (secondary N) is 2. The van der Waals surface area contributed by atoms with Gasteiger partial charge in [0.05, 0.1) is 13.2 Å². The topological polar surface area (TPSA) is 53.6 Å². The molecule has 1 aromatic carbocycles. The monoisotopic (exact) mass is 381 g/mol. The Morgan fingerprint density at radius 2 is 2.39 bits per heavy atom. The number of halogens is 1. The SMILES string of the molecule is O=C(CC1COCCN1)NCC1CCN(c2cccc(Br)c2)C1.